The maximum atomic E-state index is 5.68. The molecule has 2 rings (SSSR count). The summed E-state index contributed by atoms with van der Waals surface area (Å²) in [6.45, 7) is 8.43. The molecule has 0 aliphatic carbocycles. The molecule has 0 aliphatic rings. The largest absolute Gasteiger partial charge is 0.459 e. The molecule has 2 heterocycles. The van der Waals surface area contributed by atoms with Gasteiger partial charge in [0.25, 0.3) is 0 Å². The van der Waals surface area contributed by atoms with E-state index in [0.717, 1.165) is 27.5 Å². The highest BCUT2D eigenvalue weighted by Crippen LogP contribution is 2.13. The lowest BCUT2D eigenvalue weighted by Crippen LogP contribution is -2.20. The first-order valence-corrected chi connectivity index (χ1v) is 5.53. The number of hydrogen-bond donors (Lipinski definition) is 1. The summed E-state index contributed by atoms with van der Waals surface area (Å²) in [5, 5.41) is 0.867. The van der Waals surface area contributed by atoms with Crippen LogP contribution in [0.4, 0.5) is 0 Å². The van der Waals surface area contributed by atoms with Crippen molar-refractivity contribution >= 4 is 12.2 Å². The Morgan fingerprint density at radius 2 is 2.29 bits per heavy atom. The van der Waals surface area contributed by atoms with Crippen LogP contribution in [0.3, 0.4) is 0 Å². The maximum Gasteiger partial charge on any atom is 0.137 e. The molecule has 0 bridgehead atoms. The summed E-state index contributed by atoms with van der Waals surface area (Å²) in [6, 6.07) is 3.86. The molecule has 2 aromatic heterocycles. The third-order valence-electron chi connectivity index (χ3n) is 2.84. The van der Waals surface area contributed by atoms with E-state index in [1.807, 2.05) is 25.3 Å². The zero-order valence-corrected chi connectivity index (χ0v) is 10.2. The summed E-state index contributed by atoms with van der Waals surface area (Å²) in [5.74, 6) is 0.755. The van der Waals surface area contributed by atoms with Crippen LogP contribution in [0.25, 0.3) is 12.2 Å². The first kappa shape index (κ1) is 11.6. The SMILES string of the molecule is C=c1cc(CN)oc1=C(C)c1cnccc1C. The zero-order valence-electron chi connectivity index (χ0n) is 10.2. The van der Waals surface area contributed by atoms with Gasteiger partial charge in [0.05, 0.1) is 6.54 Å². The fourth-order valence-corrected chi connectivity index (χ4v) is 1.88. The van der Waals surface area contributed by atoms with Gasteiger partial charge in [-0.25, -0.2) is 0 Å². The Hall–Kier alpha value is -1.87. The molecule has 0 aromatic carbocycles. The van der Waals surface area contributed by atoms with E-state index in [4.69, 9.17) is 10.2 Å². The first-order chi connectivity index (χ1) is 8.13. The van der Waals surface area contributed by atoms with Crippen LogP contribution in [0.1, 0.15) is 23.8 Å². The standard InChI is InChI=1S/C14H16N2O/c1-9-4-5-16-8-13(9)11(3)14-10(2)6-12(7-15)17-14/h4-6,8H,2,7,15H2,1,3H3. The Morgan fingerprint density at radius 1 is 1.53 bits per heavy atom. The van der Waals surface area contributed by atoms with E-state index in [1.54, 1.807) is 6.20 Å². The number of rotatable bonds is 2. The van der Waals surface area contributed by atoms with Gasteiger partial charge < -0.3 is 10.2 Å². The third kappa shape index (κ3) is 2.15. The van der Waals surface area contributed by atoms with Gasteiger partial charge in [-0.2, -0.15) is 0 Å². The number of aryl methyl sites for hydroxylation is 1. The first-order valence-electron chi connectivity index (χ1n) is 5.53. The monoisotopic (exact) mass is 228 g/mol. The molecule has 0 spiro atoms. The number of furan rings is 1. The lowest BCUT2D eigenvalue weighted by molar-refractivity contribution is 0.480. The van der Waals surface area contributed by atoms with Crippen molar-refractivity contribution in [3.8, 4) is 0 Å². The predicted molar refractivity (Wildman–Crippen MR) is 68.5 cm³/mol. The Balaban J connectivity index is 2.70. The Kier molecular flexibility index (Phi) is 3.11. The third-order valence-corrected chi connectivity index (χ3v) is 2.84. The molecule has 0 saturated carbocycles. The van der Waals surface area contributed by atoms with Crippen LogP contribution >= 0.6 is 0 Å². The number of hydrogen-bond acceptors (Lipinski definition) is 3. The highest BCUT2D eigenvalue weighted by molar-refractivity contribution is 5.64. The van der Waals surface area contributed by atoms with E-state index in [-0.39, 0.29) is 0 Å². The van der Waals surface area contributed by atoms with Crippen LogP contribution in [0, 0.1) is 6.92 Å². The quantitative estimate of drug-likeness (QED) is 0.836. The molecule has 2 N–H and O–H groups in total. The minimum absolute atomic E-state index is 0.391. The van der Waals surface area contributed by atoms with E-state index >= 15 is 0 Å². The van der Waals surface area contributed by atoms with Crippen molar-refractivity contribution in [1.29, 1.82) is 0 Å². The van der Waals surface area contributed by atoms with Crippen molar-refractivity contribution in [3.63, 3.8) is 0 Å². The van der Waals surface area contributed by atoms with Crippen molar-refractivity contribution in [1.82, 2.24) is 4.98 Å². The number of nitrogens with zero attached hydrogens (tertiary/aromatic N) is 1. The number of pyridine rings is 1. The van der Waals surface area contributed by atoms with E-state index in [9.17, 15) is 0 Å². The fraction of sp³-hybridized carbons (Fsp3) is 0.214. The second-order valence-corrected chi connectivity index (χ2v) is 4.09. The topological polar surface area (TPSA) is 52.0 Å². The summed E-state index contributed by atoms with van der Waals surface area (Å²) >= 11 is 0. The molecular weight excluding hydrogens is 212 g/mol. The minimum atomic E-state index is 0.391. The average molecular weight is 228 g/mol. The molecule has 0 aliphatic heterocycles. The lowest BCUT2D eigenvalue weighted by Gasteiger charge is -2.03. The predicted octanol–water partition coefficient (Wildman–Crippen LogP) is 1.07. The van der Waals surface area contributed by atoms with E-state index < -0.39 is 0 Å². The van der Waals surface area contributed by atoms with Crippen LogP contribution in [-0.4, -0.2) is 4.98 Å². The van der Waals surface area contributed by atoms with Crippen molar-refractivity contribution in [2.75, 3.05) is 0 Å². The van der Waals surface area contributed by atoms with E-state index in [1.165, 1.54) is 5.56 Å². The molecule has 0 saturated heterocycles. The lowest BCUT2D eigenvalue weighted by atomic mass is 10.0. The molecule has 2 aromatic rings. The normalized spacial score (nSPS) is 12.6. The van der Waals surface area contributed by atoms with Gasteiger partial charge in [0, 0.05) is 28.7 Å². The summed E-state index contributed by atoms with van der Waals surface area (Å²) in [4.78, 5) is 4.14. The van der Waals surface area contributed by atoms with Crippen molar-refractivity contribution in [2.45, 2.75) is 20.4 Å². The molecule has 0 amide bonds. The number of nitrogens with two attached hydrogens (primary N) is 1. The molecule has 88 valence electrons. The minimum Gasteiger partial charge on any atom is -0.459 e. The average Bonchev–Trinajstić information content (AvgIpc) is 2.70. The van der Waals surface area contributed by atoms with E-state index in [0.29, 0.717) is 6.54 Å². The van der Waals surface area contributed by atoms with Gasteiger partial charge in [-0.3, -0.25) is 4.98 Å². The van der Waals surface area contributed by atoms with Gasteiger partial charge >= 0.3 is 0 Å². The summed E-state index contributed by atoms with van der Waals surface area (Å²) < 4.78 is 5.68. The van der Waals surface area contributed by atoms with Gasteiger partial charge in [-0.1, -0.05) is 6.58 Å². The van der Waals surface area contributed by atoms with Crippen LogP contribution in [-0.2, 0) is 6.54 Å². The van der Waals surface area contributed by atoms with Gasteiger partial charge in [-0.05, 0) is 31.5 Å². The molecule has 0 atom stereocenters. The molecule has 3 heteroatoms. The van der Waals surface area contributed by atoms with Gasteiger partial charge in [0.2, 0.25) is 0 Å². The molecule has 17 heavy (non-hydrogen) atoms. The molecular formula is C14H16N2O. The summed E-state index contributed by atoms with van der Waals surface area (Å²) in [6.07, 6.45) is 3.62. The maximum absolute atomic E-state index is 5.68. The molecule has 0 radical (unpaired) electrons. The van der Waals surface area contributed by atoms with Crippen molar-refractivity contribution < 1.29 is 4.42 Å². The Labute approximate surface area is 100 Å². The van der Waals surface area contributed by atoms with Gasteiger partial charge in [0.15, 0.2) is 0 Å². The second kappa shape index (κ2) is 4.55. The second-order valence-electron chi connectivity index (χ2n) is 4.09. The van der Waals surface area contributed by atoms with Crippen LogP contribution < -0.4 is 16.4 Å². The zero-order chi connectivity index (χ0) is 12.4. The summed E-state index contributed by atoms with van der Waals surface area (Å²) in [7, 11) is 0. The van der Waals surface area contributed by atoms with Gasteiger partial charge in [-0.15, -0.1) is 0 Å². The Bertz CT molecular complexity index is 640. The highest BCUT2D eigenvalue weighted by atomic mass is 16.3. The molecule has 0 unspecified atom stereocenters. The van der Waals surface area contributed by atoms with Crippen LogP contribution in [0.5, 0.6) is 0 Å². The smallest absolute Gasteiger partial charge is 0.137 e. The van der Waals surface area contributed by atoms with Crippen LogP contribution in [0.15, 0.2) is 28.9 Å². The molecule has 3 nitrogen and oxygen atoms in total. The van der Waals surface area contributed by atoms with Crippen LogP contribution in [0.2, 0.25) is 0 Å². The highest BCUT2D eigenvalue weighted by Gasteiger charge is 2.05. The van der Waals surface area contributed by atoms with Crippen molar-refractivity contribution in [3.05, 3.63) is 52.0 Å². The fourth-order valence-electron chi connectivity index (χ4n) is 1.88. The Morgan fingerprint density at radius 3 is 2.88 bits per heavy atom. The number of aromatic nitrogens is 1. The van der Waals surface area contributed by atoms with Crippen molar-refractivity contribution in [2.24, 2.45) is 5.73 Å². The van der Waals surface area contributed by atoms with E-state index in [2.05, 4.69) is 18.5 Å². The molecule has 0 fully saturated rings. The summed E-state index contributed by atoms with van der Waals surface area (Å²) in [5.41, 5.74) is 9.64. The van der Waals surface area contributed by atoms with Gasteiger partial charge in [0.1, 0.15) is 11.2 Å².